The number of hydrogen-bond donors (Lipinski definition) is 0. The van der Waals surface area contributed by atoms with Crippen LogP contribution in [0.2, 0.25) is 0 Å². The molecule has 1 saturated carbocycles. The van der Waals surface area contributed by atoms with E-state index in [9.17, 15) is 4.79 Å². The lowest BCUT2D eigenvalue weighted by Crippen LogP contribution is -2.53. The number of nitrogens with zero attached hydrogens (tertiary/aromatic N) is 3. The van der Waals surface area contributed by atoms with Gasteiger partial charge in [0.05, 0.1) is 11.8 Å². The number of carbonyl (C=O) groups is 1. The highest BCUT2D eigenvalue weighted by Crippen LogP contribution is 2.39. The van der Waals surface area contributed by atoms with E-state index in [1.54, 1.807) is 10.9 Å². The highest BCUT2D eigenvalue weighted by molar-refractivity contribution is 5.94. The van der Waals surface area contributed by atoms with Gasteiger partial charge in [-0.1, -0.05) is 13.3 Å². The second-order valence-electron chi connectivity index (χ2n) is 6.20. The van der Waals surface area contributed by atoms with Crippen LogP contribution in [0.5, 0.6) is 0 Å². The Bertz CT molecular complexity index is 466. The molecule has 0 bridgehead atoms. The van der Waals surface area contributed by atoms with Gasteiger partial charge in [0.1, 0.15) is 0 Å². The maximum absolute atomic E-state index is 12.7. The number of amides is 1. The first-order chi connectivity index (χ1) is 9.16. The van der Waals surface area contributed by atoms with Gasteiger partial charge < -0.3 is 4.90 Å². The Morgan fingerprint density at radius 3 is 2.84 bits per heavy atom. The third-order valence-electron chi connectivity index (χ3n) is 4.85. The van der Waals surface area contributed by atoms with Crippen LogP contribution in [0.15, 0.2) is 12.4 Å². The Hall–Kier alpha value is -1.32. The molecule has 3 rings (SSSR count). The van der Waals surface area contributed by atoms with Crippen LogP contribution in [-0.2, 0) is 7.05 Å². The summed E-state index contributed by atoms with van der Waals surface area (Å²) in [5, 5.41) is 4.12. The number of fused-ring (bicyclic) bond motifs is 1. The quantitative estimate of drug-likeness (QED) is 0.779. The van der Waals surface area contributed by atoms with E-state index in [0.717, 1.165) is 24.4 Å². The Kier molecular flexibility index (Phi) is 3.33. The molecule has 3 unspecified atom stereocenters. The molecule has 4 heteroatoms. The lowest BCUT2D eigenvalue weighted by molar-refractivity contribution is 0.0211. The number of aryl methyl sites for hydroxylation is 1. The van der Waals surface area contributed by atoms with Crippen molar-refractivity contribution in [3.8, 4) is 0 Å². The van der Waals surface area contributed by atoms with Crippen molar-refractivity contribution >= 4 is 5.91 Å². The molecule has 2 fully saturated rings. The molecule has 1 aromatic heterocycles. The van der Waals surface area contributed by atoms with Crippen LogP contribution in [-0.4, -0.2) is 33.2 Å². The molecule has 2 aliphatic rings. The SMILES string of the molecule is CC1CCCC2CCCN(C(=O)c3cnn(C)c3)C12. The Balaban J connectivity index is 1.83. The van der Waals surface area contributed by atoms with Crippen LogP contribution in [0.4, 0.5) is 0 Å². The van der Waals surface area contributed by atoms with Crippen molar-refractivity contribution in [2.75, 3.05) is 6.54 Å². The van der Waals surface area contributed by atoms with E-state index in [1.165, 1.54) is 25.7 Å². The van der Waals surface area contributed by atoms with Crippen molar-refractivity contribution in [1.82, 2.24) is 14.7 Å². The first kappa shape index (κ1) is 12.7. The summed E-state index contributed by atoms with van der Waals surface area (Å²) in [7, 11) is 1.86. The normalized spacial score (nSPS) is 31.1. The van der Waals surface area contributed by atoms with Gasteiger partial charge in [0, 0.05) is 25.8 Å². The number of aromatic nitrogens is 2. The second kappa shape index (κ2) is 4.99. The minimum atomic E-state index is 0.177. The fourth-order valence-corrected chi connectivity index (χ4v) is 3.99. The van der Waals surface area contributed by atoms with Crippen LogP contribution in [0.25, 0.3) is 0 Å². The zero-order valence-corrected chi connectivity index (χ0v) is 11.9. The molecule has 1 amide bonds. The summed E-state index contributed by atoms with van der Waals surface area (Å²) in [6.07, 6.45) is 9.87. The number of hydrogen-bond acceptors (Lipinski definition) is 2. The topological polar surface area (TPSA) is 38.1 Å². The first-order valence-corrected chi connectivity index (χ1v) is 7.46. The van der Waals surface area contributed by atoms with Gasteiger partial charge >= 0.3 is 0 Å². The lowest BCUT2D eigenvalue weighted by Gasteiger charge is -2.47. The average Bonchev–Trinajstić information content (AvgIpc) is 2.84. The molecule has 1 saturated heterocycles. The minimum Gasteiger partial charge on any atom is -0.335 e. The standard InChI is InChI=1S/C15H23N3O/c1-11-5-3-6-12-7-4-8-18(14(11)12)15(19)13-9-16-17(2)10-13/h9-12,14H,3-8H2,1-2H3. The van der Waals surface area contributed by atoms with Gasteiger partial charge in [-0.2, -0.15) is 5.10 Å². The highest BCUT2D eigenvalue weighted by Gasteiger charge is 2.39. The molecule has 0 radical (unpaired) electrons. The Morgan fingerprint density at radius 1 is 1.32 bits per heavy atom. The van der Waals surface area contributed by atoms with Crippen molar-refractivity contribution in [3.05, 3.63) is 18.0 Å². The van der Waals surface area contributed by atoms with Gasteiger partial charge in [-0.25, -0.2) is 0 Å². The first-order valence-electron chi connectivity index (χ1n) is 7.46. The summed E-state index contributed by atoms with van der Waals surface area (Å²) in [5.41, 5.74) is 0.737. The second-order valence-corrected chi connectivity index (χ2v) is 6.20. The Morgan fingerprint density at radius 2 is 2.11 bits per heavy atom. The third kappa shape index (κ3) is 2.28. The zero-order chi connectivity index (χ0) is 13.4. The van der Waals surface area contributed by atoms with E-state index in [4.69, 9.17) is 0 Å². The van der Waals surface area contributed by atoms with Crippen molar-refractivity contribution in [3.63, 3.8) is 0 Å². The molecular weight excluding hydrogens is 238 g/mol. The monoisotopic (exact) mass is 261 g/mol. The fourth-order valence-electron chi connectivity index (χ4n) is 3.99. The smallest absolute Gasteiger partial charge is 0.257 e. The summed E-state index contributed by atoms with van der Waals surface area (Å²) in [4.78, 5) is 14.8. The van der Waals surface area contributed by atoms with Crippen LogP contribution in [0, 0.1) is 11.8 Å². The summed E-state index contributed by atoms with van der Waals surface area (Å²) >= 11 is 0. The highest BCUT2D eigenvalue weighted by atomic mass is 16.2. The molecule has 3 atom stereocenters. The molecule has 104 valence electrons. The van der Waals surface area contributed by atoms with E-state index in [0.29, 0.717) is 12.0 Å². The molecular formula is C15H23N3O. The molecule has 1 aromatic rings. The van der Waals surface area contributed by atoms with Gasteiger partial charge in [0.15, 0.2) is 0 Å². The van der Waals surface area contributed by atoms with E-state index in [-0.39, 0.29) is 5.91 Å². The molecule has 0 N–H and O–H groups in total. The van der Waals surface area contributed by atoms with Crippen molar-refractivity contribution in [1.29, 1.82) is 0 Å². The fraction of sp³-hybridized carbons (Fsp3) is 0.733. The van der Waals surface area contributed by atoms with E-state index < -0.39 is 0 Å². The Labute approximate surface area is 114 Å². The van der Waals surface area contributed by atoms with Crippen molar-refractivity contribution < 1.29 is 4.79 Å². The molecule has 1 aliphatic heterocycles. The van der Waals surface area contributed by atoms with Gasteiger partial charge in [-0.05, 0) is 37.5 Å². The average molecular weight is 261 g/mol. The van der Waals surface area contributed by atoms with Crippen molar-refractivity contribution in [2.45, 2.75) is 45.1 Å². The van der Waals surface area contributed by atoms with Gasteiger partial charge in [-0.3, -0.25) is 9.48 Å². The molecule has 19 heavy (non-hydrogen) atoms. The summed E-state index contributed by atoms with van der Waals surface area (Å²) < 4.78 is 1.71. The lowest BCUT2D eigenvalue weighted by atomic mass is 9.73. The largest absolute Gasteiger partial charge is 0.335 e. The predicted molar refractivity (Wildman–Crippen MR) is 73.8 cm³/mol. The number of likely N-dealkylation sites (tertiary alicyclic amines) is 1. The number of rotatable bonds is 1. The molecule has 0 aromatic carbocycles. The van der Waals surface area contributed by atoms with Crippen LogP contribution in [0.3, 0.4) is 0 Å². The van der Waals surface area contributed by atoms with E-state index in [1.807, 2.05) is 13.2 Å². The predicted octanol–water partition coefficient (Wildman–Crippen LogP) is 2.46. The minimum absolute atomic E-state index is 0.177. The summed E-state index contributed by atoms with van der Waals surface area (Å²) in [5.74, 6) is 1.54. The third-order valence-corrected chi connectivity index (χ3v) is 4.85. The molecule has 1 aliphatic carbocycles. The summed E-state index contributed by atoms with van der Waals surface area (Å²) in [6.45, 7) is 3.23. The van der Waals surface area contributed by atoms with Gasteiger partial charge in [0.2, 0.25) is 0 Å². The maximum Gasteiger partial charge on any atom is 0.257 e. The van der Waals surface area contributed by atoms with Crippen LogP contribution in [0.1, 0.15) is 49.4 Å². The van der Waals surface area contributed by atoms with Crippen molar-refractivity contribution in [2.24, 2.45) is 18.9 Å². The van der Waals surface area contributed by atoms with Crippen LogP contribution < -0.4 is 0 Å². The van der Waals surface area contributed by atoms with E-state index in [2.05, 4.69) is 16.9 Å². The van der Waals surface area contributed by atoms with Crippen LogP contribution >= 0.6 is 0 Å². The summed E-state index contributed by atoms with van der Waals surface area (Å²) in [6, 6.07) is 0.454. The van der Waals surface area contributed by atoms with Gasteiger partial charge in [0.25, 0.3) is 5.91 Å². The van der Waals surface area contributed by atoms with E-state index >= 15 is 0 Å². The molecule has 4 nitrogen and oxygen atoms in total. The maximum atomic E-state index is 12.7. The number of carbonyl (C=O) groups excluding carboxylic acids is 1. The molecule has 2 heterocycles. The number of piperidine rings is 1. The van der Waals surface area contributed by atoms with Gasteiger partial charge in [-0.15, -0.1) is 0 Å². The zero-order valence-electron chi connectivity index (χ0n) is 11.9. The molecule has 0 spiro atoms.